The van der Waals surface area contributed by atoms with Crippen LogP contribution in [0.3, 0.4) is 0 Å². The zero-order chi connectivity index (χ0) is 70.4. The van der Waals surface area contributed by atoms with Gasteiger partial charge in [-0.3, -0.25) is 37.3 Å². The molecule has 558 valence electrons. The summed E-state index contributed by atoms with van der Waals surface area (Å²) in [6.07, 6.45) is 68.9. The van der Waals surface area contributed by atoms with E-state index >= 15 is 0 Å². The second-order valence-corrected chi connectivity index (χ2v) is 28.5. The largest absolute Gasteiger partial charge is 0.472 e. The van der Waals surface area contributed by atoms with Crippen LogP contribution in [0.4, 0.5) is 0 Å². The highest BCUT2D eigenvalue weighted by atomic mass is 31.2. The third-order valence-corrected chi connectivity index (χ3v) is 18.0. The van der Waals surface area contributed by atoms with Gasteiger partial charge in [0.15, 0.2) is 12.2 Å². The third-order valence-electron chi connectivity index (χ3n) is 16.1. The number of phosphoric ester groups is 2. The molecule has 5 unspecified atom stereocenters. The van der Waals surface area contributed by atoms with Crippen molar-refractivity contribution >= 4 is 39.5 Å². The summed E-state index contributed by atoms with van der Waals surface area (Å²) >= 11 is 0. The lowest BCUT2D eigenvalue weighted by molar-refractivity contribution is -0.161. The Morgan fingerprint density at radius 2 is 0.552 bits per heavy atom. The van der Waals surface area contributed by atoms with E-state index in [0.717, 1.165) is 180 Å². The Morgan fingerprint density at radius 1 is 0.302 bits per heavy atom. The Labute approximate surface area is 583 Å². The van der Waals surface area contributed by atoms with Gasteiger partial charge in [0.05, 0.1) is 26.4 Å². The first kappa shape index (κ1) is 92.5. The molecule has 3 N–H and O–H groups in total. The number of hydrogen-bond donors (Lipinski definition) is 3. The maximum absolute atomic E-state index is 13.1. The molecule has 0 bridgehead atoms. The molecule has 0 amide bonds. The van der Waals surface area contributed by atoms with Crippen molar-refractivity contribution in [2.24, 2.45) is 0 Å². The molecule has 0 aromatic carbocycles. The van der Waals surface area contributed by atoms with Gasteiger partial charge in [-0.25, -0.2) is 9.13 Å². The van der Waals surface area contributed by atoms with Gasteiger partial charge in [0, 0.05) is 25.7 Å². The van der Waals surface area contributed by atoms with E-state index in [1.807, 2.05) is 0 Å². The van der Waals surface area contributed by atoms with Crippen molar-refractivity contribution < 1.29 is 80.2 Å². The van der Waals surface area contributed by atoms with E-state index in [-0.39, 0.29) is 25.7 Å². The minimum absolute atomic E-state index is 0.0840. The van der Waals surface area contributed by atoms with E-state index in [1.165, 1.54) is 77.0 Å². The molecular weight excluding hydrogens is 1260 g/mol. The molecule has 17 nitrogen and oxygen atoms in total. The van der Waals surface area contributed by atoms with E-state index in [1.54, 1.807) is 0 Å². The number of phosphoric acid groups is 2. The first-order valence-corrected chi connectivity index (χ1v) is 41.2. The zero-order valence-corrected chi connectivity index (χ0v) is 62.6. The van der Waals surface area contributed by atoms with Gasteiger partial charge in [-0.2, -0.15) is 0 Å². The van der Waals surface area contributed by atoms with Gasteiger partial charge in [0.25, 0.3) is 0 Å². The van der Waals surface area contributed by atoms with Gasteiger partial charge >= 0.3 is 39.5 Å². The van der Waals surface area contributed by atoms with Gasteiger partial charge in [0.1, 0.15) is 19.3 Å². The van der Waals surface area contributed by atoms with Gasteiger partial charge in [0.2, 0.25) is 0 Å². The predicted octanol–water partition coefficient (Wildman–Crippen LogP) is 21.7. The zero-order valence-electron chi connectivity index (χ0n) is 60.8. The van der Waals surface area contributed by atoms with Crippen molar-refractivity contribution in [2.45, 2.75) is 354 Å². The van der Waals surface area contributed by atoms with Crippen molar-refractivity contribution in [3.63, 3.8) is 0 Å². The van der Waals surface area contributed by atoms with Crippen LogP contribution >= 0.6 is 15.6 Å². The van der Waals surface area contributed by atoms with Gasteiger partial charge < -0.3 is 33.8 Å². The van der Waals surface area contributed by atoms with Crippen molar-refractivity contribution in [3.8, 4) is 0 Å². The molecule has 0 aliphatic heterocycles. The van der Waals surface area contributed by atoms with E-state index in [9.17, 15) is 43.2 Å². The van der Waals surface area contributed by atoms with Gasteiger partial charge in [-0.15, -0.1) is 0 Å². The average molecular weight is 1400 g/mol. The second-order valence-electron chi connectivity index (χ2n) is 25.6. The summed E-state index contributed by atoms with van der Waals surface area (Å²) in [5, 5.41) is 10.6. The fourth-order valence-electron chi connectivity index (χ4n) is 10.3. The van der Waals surface area contributed by atoms with Crippen molar-refractivity contribution in [3.05, 3.63) is 72.9 Å². The summed E-state index contributed by atoms with van der Waals surface area (Å²) in [4.78, 5) is 72.8. The highest BCUT2D eigenvalue weighted by Gasteiger charge is 2.30. The van der Waals surface area contributed by atoms with Crippen molar-refractivity contribution in [2.75, 3.05) is 39.6 Å². The number of allylic oxidation sites excluding steroid dienone is 12. The molecule has 0 rings (SSSR count). The third kappa shape index (κ3) is 69.0. The van der Waals surface area contributed by atoms with Crippen LogP contribution < -0.4 is 0 Å². The number of unbranched alkanes of at least 4 members (excludes halogenated alkanes) is 34. The highest BCUT2D eigenvalue weighted by molar-refractivity contribution is 7.47. The molecule has 19 heteroatoms. The monoisotopic (exact) mass is 1400 g/mol. The smallest absolute Gasteiger partial charge is 0.462 e. The number of esters is 4. The summed E-state index contributed by atoms with van der Waals surface area (Å²) in [5.41, 5.74) is 0. The van der Waals surface area contributed by atoms with Gasteiger partial charge in [-0.1, -0.05) is 255 Å². The standard InChI is InChI=1S/C77H138O17P2/c1-5-9-13-17-21-25-29-32-34-35-37-40-43-46-50-54-58-62-75(80)87-67-72(93-76(81)63-59-55-51-47-41-28-24-20-16-12-8-4)69-91-95(83,84)89-65-71(78)66-90-96(85,86)92-70-73(94-77(82)64-60-56-52-48-44-38-31-27-23-19-15-11-7-3)68-88-74(79)61-57-53-49-45-42-39-36-33-30-26-22-18-14-10-6-2/h9,13,20-21,24-25,27,31-34,36,71-73,78H,5-8,10-12,14-19,22-23,26,28-30,35,37-70H2,1-4H3,(H,83,84)(H,85,86)/b13-9-,24-20-,25-21-,31-27-,34-32-,36-33-. The minimum atomic E-state index is -4.97. The molecule has 0 saturated carbocycles. The maximum Gasteiger partial charge on any atom is 0.472 e. The van der Waals surface area contributed by atoms with E-state index in [0.29, 0.717) is 25.7 Å². The molecule has 0 fully saturated rings. The molecule has 0 aromatic rings. The van der Waals surface area contributed by atoms with Crippen LogP contribution in [0.15, 0.2) is 72.9 Å². The van der Waals surface area contributed by atoms with Crippen LogP contribution in [-0.4, -0.2) is 96.7 Å². The van der Waals surface area contributed by atoms with E-state index in [4.69, 9.17) is 37.0 Å². The number of hydrogen-bond acceptors (Lipinski definition) is 15. The molecule has 5 atom stereocenters. The Balaban J connectivity index is 5.30. The molecule has 0 heterocycles. The van der Waals surface area contributed by atoms with Crippen LogP contribution in [0.1, 0.15) is 336 Å². The number of rotatable bonds is 72. The molecule has 96 heavy (non-hydrogen) atoms. The SMILES string of the molecule is CC/C=C\C/C=C\C/C=C\CCCCCCCCCC(=O)OCC(COP(=O)(O)OCC(O)COP(=O)(O)OCC(COC(=O)CCCCCCC/C=C\CCCCCCCC)OC(=O)CCCCCCC/C=C\CCCCCC)OC(=O)CCCCCCC/C=C\CCCC. The van der Waals surface area contributed by atoms with Crippen molar-refractivity contribution in [1.29, 1.82) is 0 Å². The summed E-state index contributed by atoms with van der Waals surface area (Å²) in [6.45, 7) is 4.70. The lowest BCUT2D eigenvalue weighted by Crippen LogP contribution is -2.30. The predicted molar refractivity (Wildman–Crippen MR) is 390 cm³/mol. The normalized spacial score (nSPS) is 14.4. The second kappa shape index (κ2) is 70.0. The molecule has 0 spiro atoms. The number of carbonyl (C=O) groups is 4. The van der Waals surface area contributed by atoms with Crippen LogP contribution in [0, 0.1) is 0 Å². The van der Waals surface area contributed by atoms with Crippen LogP contribution in [0.25, 0.3) is 0 Å². The number of ether oxygens (including phenoxy) is 4. The lowest BCUT2D eigenvalue weighted by atomic mass is 10.1. The van der Waals surface area contributed by atoms with Crippen LogP contribution in [-0.2, 0) is 65.4 Å². The average Bonchev–Trinajstić information content (AvgIpc) is 1.13. The maximum atomic E-state index is 13.1. The topological polar surface area (TPSA) is 237 Å². The Kier molecular flexibility index (Phi) is 67.4. The van der Waals surface area contributed by atoms with Crippen molar-refractivity contribution in [1.82, 2.24) is 0 Å². The summed E-state index contributed by atoms with van der Waals surface area (Å²) < 4.78 is 68.4. The van der Waals surface area contributed by atoms with Crippen LogP contribution in [0.2, 0.25) is 0 Å². The van der Waals surface area contributed by atoms with E-state index < -0.39 is 97.5 Å². The summed E-state index contributed by atoms with van der Waals surface area (Å²) in [7, 11) is -9.94. The summed E-state index contributed by atoms with van der Waals surface area (Å²) in [6, 6.07) is 0. The Bertz CT molecular complexity index is 2110. The minimum Gasteiger partial charge on any atom is -0.462 e. The molecule has 0 saturated heterocycles. The number of aliphatic hydroxyl groups excluding tert-OH is 1. The summed E-state index contributed by atoms with van der Waals surface area (Å²) in [5.74, 6) is -2.19. The fraction of sp³-hybridized carbons (Fsp3) is 0.792. The number of aliphatic hydroxyl groups is 1. The van der Waals surface area contributed by atoms with Crippen LogP contribution in [0.5, 0.6) is 0 Å². The quantitative estimate of drug-likeness (QED) is 0.0169. The van der Waals surface area contributed by atoms with E-state index in [2.05, 4.69) is 101 Å². The molecule has 0 aliphatic rings. The molecular formula is C77H138O17P2. The first-order chi connectivity index (χ1) is 46.7. The molecule has 0 aromatic heterocycles. The highest BCUT2D eigenvalue weighted by Crippen LogP contribution is 2.45. The first-order valence-electron chi connectivity index (χ1n) is 38.2. The van der Waals surface area contributed by atoms with Gasteiger partial charge in [-0.05, 0) is 128 Å². The molecule has 0 aliphatic carbocycles. The fourth-order valence-corrected chi connectivity index (χ4v) is 11.8. The number of carbonyl (C=O) groups excluding carboxylic acids is 4. The molecule has 0 radical (unpaired) electrons. The lowest BCUT2D eigenvalue weighted by Gasteiger charge is -2.21. The Morgan fingerprint density at radius 3 is 0.885 bits per heavy atom. The Hall–Kier alpha value is -3.50.